The van der Waals surface area contributed by atoms with Crippen LogP contribution in [0.15, 0.2) is 35.3 Å². The average molecular weight is 266 g/mol. The molecule has 1 aromatic carbocycles. The number of halogens is 1. The molecular weight excluding hydrogens is 250 g/mol. The monoisotopic (exact) mass is 265 g/mol. The molecule has 0 saturated heterocycles. The van der Waals surface area contributed by atoms with Crippen molar-refractivity contribution in [3.8, 4) is 0 Å². The van der Waals surface area contributed by atoms with Gasteiger partial charge in [-0.25, -0.2) is 4.79 Å². The number of nitrogens with one attached hydrogen (secondary N) is 1. The summed E-state index contributed by atoms with van der Waals surface area (Å²) in [7, 11) is 0. The van der Waals surface area contributed by atoms with E-state index in [9.17, 15) is 4.79 Å². The molecule has 4 nitrogen and oxygen atoms in total. The summed E-state index contributed by atoms with van der Waals surface area (Å²) in [4.78, 5) is 15.0. The number of amidine groups is 1. The number of hydrogen-bond donors (Lipinski definition) is 2. The first kappa shape index (κ1) is 14.3. The highest BCUT2D eigenvalue weighted by atomic mass is 35.5. The van der Waals surface area contributed by atoms with Gasteiger partial charge >= 0.3 is 6.03 Å². The summed E-state index contributed by atoms with van der Waals surface area (Å²) in [5.41, 5.74) is 5.93. The topological polar surface area (TPSA) is 67.5 Å². The Morgan fingerprint density at radius 3 is 2.83 bits per heavy atom. The number of nitrogens with zero attached hydrogens (tertiary/aromatic N) is 1. The highest BCUT2D eigenvalue weighted by Gasteiger charge is 1.98. The molecule has 2 amide bonds. The van der Waals surface area contributed by atoms with Gasteiger partial charge in [-0.1, -0.05) is 36.7 Å². The molecule has 0 aliphatic carbocycles. The van der Waals surface area contributed by atoms with Crippen LogP contribution in [0, 0.1) is 0 Å². The van der Waals surface area contributed by atoms with Crippen LogP contribution in [0.2, 0.25) is 5.02 Å². The molecule has 0 saturated carbocycles. The van der Waals surface area contributed by atoms with Crippen molar-refractivity contribution in [2.45, 2.75) is 13.3 Å². The van der Waals surface area contributed by atoms with Crippen LogP contribution in [0.25, 0.3) is 6.08 Å². The van der Waals surface area contributed by atoms with Gasteiger partial charge in [0.1, 0.15) is 5.84 Å². The van der Waals surface area contributed by atoms with Gasteiger partial charge in [0, 0.05) is 11.6 Å². The number of hydrogen-bond acceptors (Lipinski definition) is 2. The van der Waals surface area contributed by atoms with Crippen LogP contribution < -0.4 is 11.1 Å². The zero-order chi connectivity index (χ0) is 13.4. The lowest BCUT2D eigenvalue weighted by atomic mass is 10.2. The van der Waals surface area contributed by atoms with Gasteiger partial charge in [-0.05, 0) is 30.2 Å². The van der Waals surface area contributed by atoms with Gasteiger partial charge < -0.3 is 5.73 Å². The normalized spacial score (nSPS) is 11.8. The lowest BCUT2D eigenvalue weighted by Gasteiger charge is -2.02. The highest BCUT2D eigenvalue weighted by Crippen LogP contribution is 2.16. The fourth-order valence-corrected chi connectivity index (χ4v) is 1.47. The second kappa shape index (κ2) is 7.50. The minimum Gasteiger partial charge on any atom is -0.351 e. The standard InChI is InChI=1S/C13H16ClN3O/c1-2-9-16-12(17-13(15)18)8-7-10-5-3-4-6-11(10)14/h3-8H,2,9H2,1H3,(H3,15,16,17,18)/b8-7+. The smallest absolute Gasteiger partial charge is 0.317 e. The van der Waals surface area contributed by atoms with Crippen LogP contribution in [0.1, 0.15) is 18.9 Å². The van der Waals surface area contributed by atoms with E-state index >= 15 is 0 Å². The van der Waals surface area contributed by atoms with Crippen molar-refractivity contribution in [2.24, 2.45) is 10.7 Å². The first-order chi connectivity index (χ1) is 8.63. The maximum atomic E-state index is 10.8. The number of nitrogens with two attached hydrogens (primary N) is 1. The number of primary amides is 1. The Morgan fingerprint density at radius 1 is 1.50 bits per heavy atom. The van der Waals surface area contributed by atoms with E-state index in [1.807, 2.05) is 25.1 Å². The van der Waals surface area contributed by atoms with E-state index in [-0.39, 0.29) is 0 Å². The Bertz CT molecular complexity index is 469. The molecule has 0 fully saturated rings. The van der Waals surface area contributed by atoms with E-state index in [1.54, 1.807) is 18.2 Å². The number of amides is 2. The molecule has 0 bridgehead atoms. The molecule has 1 rings (SSSR count). The molecule has 1 aromatic rings. The third-order valence-corrected chi connectivity index (χ3v) is 2.43. The summed E-state index contributed by atoms with van der Waals surface area (Å²) in [6.45, 7) is 2.63. The molecular formula is C13H16ClN3O. The largest absolute Gasteiger partial charge is 0.351 e. The van der Waals surface area contributed by atoms with E-state index in [4.69, 9.17) is 17.3 Å². The number of carbonyl (C=O) groups excluding carboxylic acids is 1. The zero-order valence-electron chi connectivity index (χ0n) is 10.2. The minimum atomic E-state index is -0.631. The SMILES string of the molecule is CCCN=C(/C=C/c1ccccc1Cl)NC(N)=O. The molecule has 96 valence electrons. The third kappa shape index (κ3) is 5.01. The van der Waals surface area contributed by atoms with Crippen molar-refractivity contribution >= 4 is 29.5 Å². The van der Waals surface area contributed by atoms with Crippen LogP contribution in [0.5, 0.6) is 0 Å². The Balaban J connectivity index is 2.83. The number of benzene rings is 1. The summed E-state index contributed by atoms with van der Waals surface area (Å²) in [5, 5.41) is 3.10. The highest BCUT2D eigenvalue weighted by molar-refractivity contribution is 6.32. The molecule has 18 heavy (non-hydrogen) atoms. The Labute approximate surface area is 112 Å². The molecule has 0 radical (unpaired) electrons. The van der Waals surface area contributed by atoms with Crippen LogP contribution in [-0.4, -0.2) is 18.4 Å². The Hall–Kier alpha value is -1.81. The minimum absolute atomic E-state index is 0.435. The molecule has 0 heterocycles. The Morgan fingerprint density at radius 2 is 2.22 bits per heavy atom. The fraction of sp³-hybridized carbons (Fsp3) is 0.231. The summed E-state index contributed by atoms with van der Waals surface area (Å²) in [6, 6.07) is 6.78. The van der Waals surface area contributed by atoms with E-state index < -0.39 is 6.03 Å². The summed E-state index contributed by atoms with van der Waals surface area (Å²) >= 11 is 6.01. The molecule has 3 N–H and O–H groups in total. The van der Waals surface area contributed by atoms with Crippen LogP contribution in [-0.2, 0) is 0 Å². The maximum absolute atomic E-state index is 10.8. The number of rotatable bonds is 4. The third-order valence-electron chi connectivity index (χ3n) is 2.08. The van der Waals surface area contributed by atoms with Gasteiger partial charge in [0.25, 0.3) is 0 Å². The van der Waals surface area contributed by atoms with E-state index in [1.165, 1.54) is 0 Å². The Kier molecular flexibility index (Phi) is 5.94. The lowest BCUT2D eigenvalue weighted by Crippen LogP contribution is -2.34. The van der Waals surface area contributed by atoms with Gasteiger partial charge in [-0.3, -0.25) is 10.3 Å². The van der Waals surface area contributed by atoms with Gasteiger partial charge in [-0.2, -0.15) is 0 Å². The second-order valence-electron chi connectivity index (χ2n) is 3.61. The maximum Gasteiger partial charge on any atom is 0.317 e. The van der Waals surface area contributed by atoms with Crippen molar-refractivity contribution in [3.05, 3.63) is 40.9 Å². The van der Waals surface area contributed by atoms with Gasteiger partial charge in [0.2, 0.25) is 0 Å². The average Bonchev–Trinajstić information content (AvgIpc) is 2.34. The molecule has 5 heteroatoms. The summed E-state index contributed by atoms with van der Waals surface area (Å²) in [5.74, 6) is 0.435. The molecule has 0 atom stereocenters. The zero-order valence-corrected chi connectivity index (χ0v) is 10.9. The predicted molar refractivity (Wildman–Crippen MR) is 75.8 cm³/mol. The van der Waals surface area contributed by atoms with Crippen molar-refractivity contribution in [2.75, 3.05) is 6.54 Å². The van der Waals surface area contributed by atoms with Crippen LogP contribution >= 0.6 is 11.6 Å². The number of urea groups is 1. The number of aliphatic imine (C=N–C) groups is 1. The van der Waals surface area contributed by atoms with Crippen molar-refractivity contribution in [1.29, 1.82) is 0 Å². The van der Waals surface area contributed by atoms with Crippen molar-refractivity contribution < 1.29 is 4.79 Å². The van der Waals surface area contributed by atoms with Crippen LogP contribution in [0.3, 0.4) is 0 Å². The van der Waals surface area contributed by atoms with E-state index in [2.05, 4.69) is 10.3 Å². The fourth-order valence-electron chi connectivity index (χ4n) is 1.27. The van der Waals surface area contributed by atoms with Gasteiger partial charge in [0.05, 0.1) is 0 Å². The summed E-state index contributed by atoms with van der Waals surface area (Å²) < 4.78 is 0. The van der Waals surface area contributed by atoms with E-state index in [0.717, 1.165) is 12.0 Å². The van der Waals surface area contributed by atoms with Crippen molar-refractivity contribution in [3.63, 3.8) is 0 Å². The van der Waals surface area contributed by atoms with Gasteiger partial charge in [-0.15, -0.1) is 0 Å². The molecule has 0 aliphatic rings. The quantitative estimate of drug-likeness (QED) is 0.638. The molecule has 0 spiro atoms. The van der Waals surface area contributed by atoms with Crippen LogP contribution in [0.4, 0.5) is 4.79 Å². The summed E-state index contributed by atoms with van der Waals surface area (Å²) in [6.07, 6.45) is 4.36. The molecule has 0 unspecified atom stereocenters. The first-order valence-corrected chi connectivity index (χ1v) is 6.04. The van der Waals surface area contributed by atoms with Crippen molar-refractivity contribution in [1.82, 2.24) is 5.32 Å². The van der Waals surface area contributed by atoms with E-state index in [0.29, 0.717) is 17.4 Å². The molecule has 0 aliphatic heterocycles. The lowest BCUT2D eigenvalue weighted by molar-refractivity contribution is 0.253. The van der Waals surface area contributed by atoms with Gasteiger partial charge in [0.15, 0.2) is 0 Å². The molecule has 0 aromatic heterocycles. The number of carbonyl (C=O) groups is 1. The predicted octanol–water partition coefficient (Wildman–Crippen LogP) is 2.83. The first-order valence-electron chi connectivity index (χ1n) is 5.67. The second-order valence-corrected chi connectivity index (χ2v) is 4.02.